The third kappa shape index (κ3) is 5.04. The first-order valence-corrected chi connectivity index (χ1v) is 11.0. The molecule has 2 aromatic heterocycles. The number of hydrogen-bond donors (Lipinski definition) is 2. The largest absolute Gasteiger partial charge is 0.363 e. The zero-order valence-electron chi connectivity index (χ0n) is 19.1. The van der Waals surface area contributed by atoms with Crippen LogP contribution in [0.25, 0.3) is 10.9 Å². The van der Waals surface area contributed by atoms with Crippen molar-refractivity contribution in [2.24, 2.45) is 0 Å². The molecule has 0 radical (unpaired) electrons. The van der Waals surface area contributed by atoms with E-state index in [1.54, 1.807) is 37.9 Å². The summed E-state index contributed by atoms with van der Waals surface area (Å²) in [5.41, 5.74) is 3.33. The molecular weight excluding hydrogens is 447 g/mol. The van der Waals surface area contributed by atoms with Crippen molar-refractivity contribution in [3.63, 3.8) is 0 Å². The highest BCUT2D eigenvalue weighted by molar-refractivity contribution is 5.90. The monoisotopic (exact) mass is 473 g/mol. The number of alkyl halides is 2. The van der Waals surface area contributed by atoms with Crippen LogP contribution in [0.1, 0.15) is 43.3 Å². The number of rotatable bonds is 6. The lowest BCUT2D eigenvalue weighted by molar-refractivity contribution is -0.130. The van der Waals surface area contributed by atoms with Gasteiger partial charge in [0, 0.05) is 44.1 Å². The molecule has 1 saturated heterocycles. The first-order valence-electron chi connectivity index (χ1n) is 11.0. The Balaban J connectivity index is 1.58. The molecule has 0 unspecified atom stereocenters. The Hall–Kier alpha value is -3.47. The topological polar surface area (TPSA) is 86.3 Å². The van der Waals surface area contributed by atoms with E-state index in [4.69, 9.17) is 0 Å². The Labute approximate surface area is 195 Å². The highest BCUT2D eigenvalue weighted by Gasteiger charge is 2.21. The number of benzene rings is 1. The molecule has 1 amide bonds. The van der Waals surface area contributed by atoms with Crippen molar-refractivity contribution in [1.29, 1.82) is 0 Å². The van der Waals surface area contributed by atoms with Gasteiger partial charge in [0.1, 0.15) is 23.3 Å². The molecule has 1 aromatic carbocycles. The fraction of sp³-hybridized carbons (Fsp3) is 0.391. The van der Waals surface area contributed by atoms with Crippen LogP contribution in [0.5, 0.6) is 0 Å². The van der Waals surface area contributed by atoms with Gasteiger partial charge in [-0.1, -0.05) is 18.2 Å². The van der Waals surface area contributed by atoms with Gasteiger partial charge in [0.15, 0.2) is 0 Å². The summed E-state index contributed by atoms with van der Waals surface area (Å²) in [4.78, 5) is 26.6. The van der Waals surface area contributed by atoms with Crippen LogP contribution in [-0.2, 0) is 4.79 Å². The van der Waals surface area contributed by atoms with E-state index in [1.807, 2.05) is 5.01 Å². The van der Waals surface area contributed by atoms with E-state index in [0.29, 0.717) is 54.5 Å². The molecule has 180 valence electrons. The number of fused-ring (bicyclic) bond motifs is 1. The number of hydrogen-bond acceptors (Lipinski definition) is 7. The number of aryl methyl sites for hydroxylation is 1. The van der Waals surface area contributed by atoms with Gasteiger partial charge >= 0.3 is 0 Å². The van der Waals surface area contributed by atoms with Crippen molar-refractivity contribution in [3.05, 3.63) is 53.2 Å². The summed E-state index contributed by atoms with van der Waals surface area (Å²) in [6.07, 6.45) is -1.28. The summed E-state index contributed by atoms with van der Waals surface area (Å²) in [5.74, 6) is 0.631. The van der Waals surface area contributed by atoms with Gasteiger partial charge in [-0.05, 0) is 19.9 Å². The lowest BCUT2D eigenvalue weighted by atomic mass is 10.0. The van der Waals surface area contributed by atoms with Gasteiger partial charge in [-0.15, -0.1) is 0 Å². The number of aromatic nitrogens is 3. The highest BCUT2D eigenvalue weighted by Crippen LogP contribution is 2.30. The summed E-state index contributed by atoms with van der Waals surface area (Å²) in [7, 11) is 0. The van der Waals surface area contributed by atoms with Gasteiger partial charge in [-0.3, -0.25) is 4.79 Å². The summed E-state index contributed by atoms with van der Waals surface area (Å²) in [6, 6.07) is 5.14. The molecule has 8 nitrogen and oxygen atoms in total. The van der Waals surface area contributed by atoms with E-state index >= 15 is 0 Å². The van der Waals surface area contributed by atoms with E-state index < -0.39 is 23.8 Å². The molecule has 3 heterocycles. The molecular formula is C23H26F3N7O. The van der Waals surface area contributed by atoms with Crippen LogP contribution in [0.2, 0.25) is 0 Å². The van der Waals surface area contributed by atoms with Crippen LogP contribution in [0.15, 0.2) is 30.5 Å². The van der Waals surface area contributed by atoms with Crippen LogP contribution in [-0.4, -0.2) is 56.9 Å². The summed E-state index contributed by atoms with van der Waals surface area (Å²) in [6.45, 7) is 7.50. The molecule has 0 bridgehead atoms. The van der Waals surface area contributed by atoms with Crippen LogP contribution in [0.3, 0.4) is 0 Å². The van der Waals surface area contributed by atoms with E-state index in [1.165, 1.54) is 12.1 Å². The number of pyridine rings is 1. The number of hydrazine groups is 1. The van der Waals surface area contributed by atoms with Crippen molar-refractivity contribution in [2.75, 3.05) is 36.9 Å². The van der Waals surface area contributed by atoms with Gasteiger partial charge in [-0.25, -0.2) is 33.1 Å². The van der Waals surface area contributed by atoms with Crippen LogP contribution in [0.4, 0.5) is 24.8 Å². The zero-order valence-corrected chi connectivity index (χ0v) is 19.1. The van der Waals surface area contributed by atoms with Gasteiger partial charge in [0.05, 0.1) is 23.3 Å². The fourth-order valence-electron chi connectivity index (χ4n) is 3.97. The molecule has 1 atom stereocenters. The molecule has 0 saturated carbocycles. The maximum absolute atomic E-state index is 14.7. The van der Waals surface area contributed by atoms with Crippen LogP contribution in [0, 0.1) is 12.7 Å². The highest BCUT2D eigenvalue weighted by atomic mass is 19.3. The third-order valence-electron chi connectivity index (χ3n) is 5.80. The number of amides is 1. The SMILES string of the molecule is CC(=O)N1CCN(Nc2cc3c(N[C@H](C)c4cccc(C(F)F)c4F)nc(C)nc3cn2)CC1. The van der Waals surface area contributed by atoms with Gasteiger partial charge in [-0.2, -0.15) is 0 Å². The molecule has 1 aliphatic heterocycles. The first-order chi connectivity index (χ1) is 16.2. The number of carbonyl (C=O) groups is 1. The Morgan fingerprint density at radius 3 is 2.50 bits per heavy atom. The lowest BCUT2D eigenvalue weighted by Crippen LogP contribution is -2.50. The Morgan fingerprint density at radius 1 is 1.12 bits per heavy atom. The van der Waals surface area contributed by atoms with Crippen LogP contribution >= 0.6 is 0 Å². The number of nitrogens with one attached hydrogen (secondary N) is 2. The molecule has 0 spiro atoms. The number of piperazine rings is 1. The molecule has 0 aliphatic carbocycles. The van der Waals surface area contributed by atoms with Crippen LogP contribution < -0.4 is 10.7 Å². The smallest absolute Gasteiger partial charge is 0.266 e. The second-order valence-electron chi connectivity index (χ2n) is 8.23. The van der Waals surface area contributed by atoms with Crippen molar-refractivity contribution < 1.29 is 18.0 Å². The summed E-state index contributed by atoms with van der Waals surface area (Å²) >= 11 is 0. The lowest BCUT2D eigenvalue weighted by Gasteiger charge is -2.34. The predicted octanol–water partition coefficient (Wildman–Crippen LogP) is 4.07. The maximum Gasteiger partial charge on any atom is 0.266 e. The minimum atomic E-state index is -2.90. The molecule has 1 fully saturated rings. The number of nitrogens with zero attached hydrogens (tertiary/aromatic N) is 5. The Kier molecular flexibility index (Phi) is 6.82. The van der Waals surface area contributed by atoms with E-state index in [2.05, 4.69) is 25.7 Å². The minimum absolute atomic E-state index is 0.0522. The maximum atomic E-state index is 14.7. The average molecular weight is 474 g/mol. The van der Waals surface area contributed by atoms with Crippen molar-refractivity contribution in [2.45, 2.75) is 33.2 Å². The van der Waals surface area contributed by atoms with Gasteiger partial charge in [0.25, 0.3) is 6.43 Å². The van der Waals surface area contributed by atoms with Gasteiger partial charge < -0.3 is 15.6 Å². The van der Waals surface area contributed by atoms with Crippen molar-refractivity contribution in [1.82, 2.24) is 24.9 Å². The zero-order chi connectivity index (χ0) is 24.4. The standard InChI is InChI=1S/C23H26F3N7O/c1-13(16-5-4-6-17(21(16)24)22(25)26)28-23-18-11-20(27-12-19(18)29-14(2)30-23)31-33-9-7-32(8-10-33)15(3)34/h4-6,11-13,22H,7-10H2,1-3H3,(H,27,31)(H,28,29,30)/t13-/m1/s1. The molecule has 2 N–H and O–H groups in total. The number of halogens is 3. The molecule has 11 heteroatoms. The molecule has 1 aliphatic rings. The second-order valence-corrected chi connectivity index (χ2v) is 8.23. The normalized spacial score (nSPS) is 15.6. The molecule has 4 rings (SSSR count). The predicted molar refractivity (Wildman–Crippen MR) is 123 cm³/mol. The second kappa shape index (κ2) is 9.80. The molecule has 34 heavy (non-hydrogen) atoms. The first kappa shape index (κ1) is 23.7. The van der Waals surface area contributed by atoms with E-state index in [0.717, 1.165) is 6.07 Å². The third-order valence-corrected chi connectivity index (χ3v) is 5.80. The quantitative estimate of drug-likeness (QED) is 0.558. The Bertz CT molecular complexity index is 1200. The van der Waals surface area contributed by atoms with Crippen molar-refractivity contribution >= 4 is 28.4 Å². The van der Waals surface area contributed by atoms with E-state index in [9.17, 15) is 18.0 Å². The summed E-state index contributed by atoms with van der Waals surface area (Å²) in [5, 5.41) is 5.78. The number of carbonyl (C=O) groups excluding carboxylic acids is 1. The fourth-order valence-corrected chi connectivity index (χ4v) is 3.97. The summed E-state index contributed by atoms with van der Waals surface area (Å²) < 4.78 is 40.9. The average Bonchev–Trinajstić information content (AvgIpc) is 2.79. The Morgan fingerprint density at radius 2 is 1.82 bits per heavy atom. The molecule has 3 aromatic rings. The number of anilines is 2. The van der Waals surface area contributed by atoms with Gasteiger partial charge in [0.2, 0.25) is 5.91 Å². The van der Waals surface area contributed by atoms with Crippen molar-refractivity contribution in [3.8, 4) is 0 Å². The van der Waals surface area contributed by atoms with E-state index in [-0.39, 0.29) is 11.5 Å². The minimum Gasteiger partial charge on any atom is -0.363 e.